The maximum Gasteiger partial charge on any atom is 0.303 e. The molecule has 0 aromatic carbocycles. The molecule has 64 heavy (non-hydrogen) atoms. The van der Waals surface area contributed by atoms with E-state index in [0.29, 0.717) is 0 Å². The van der Waals surface area contributed by atoms with Crippen LogP contribution in [0.25, 0.3) is 0 Å². The molecule has 11 unspecified atom stereocenters. The van der Waals surface area contributed by atoms with E-state index < -0.39 is 172 Å². The second kappa shape index (κ2) is 23.9. The van der Waals surface area contributed by atoms with E-state index in [1.807, 2.05) is 0 Å². The van der Waals surface area contributed by atoms with Crippen LogP contribution in [0.1, 0.15) is 69.2 Å². The fourth-order valence-electron chi connectivity index (χ4n) is 6.77. The molecule has 1 N–H and O–H groups in total. The van der Waals surface area contributed by atoms with Crippen molar-refractivity contribution < 1.29 is 124 Å². The largest absolute Gasteiger partial charge is 0.463 e. The molecule has 0 saturated carbocycles. The van der Waals surface area contributed by atoms with Crippen LogP contribution in [0.2, 0.25) is 0 Å². The first-order valence-electron chi connectivity index (χ1n) is 19.4. The quantitative estimate of drug-likeness (QED) is 0.123. The molecule has 0 bridgehead atoms. The molecular formula is C38H52O26. The van der Waals surface area contributed by atoms with Crippen LogP contribution in [-0.2, 0) is 119 Å². The molecule has 26 heteroatoms. The lowest BCUT2D eigenvalue weighted by molar-refractivity contribution is -0.378. The SMILES string of the molecule is CC(=O)OCC1OC(O)C(OC(C)=O)C(OC(C)=O)C1OC1O[C@H](COC(C)=O)[C@@H](OC2OC(COC(C)=O)C(OC(C)=O)C(OC(C)=O)C2OC(C)=O)[C@H](OC(C)=O)[C@H]1OC(C)=O. The Labute approximate surface area is 364 Å². The van der Waals surface area contributed by atoms with Crippen molar-refractivity contribution in [3.63, 3.8) is 0 Å². The number of rotatable bonds is 17. The van der Waals surface area contributed by atoms with Gasteiger partial charge in [-0.1, -0.05) is 0 Å². The van der Waals surface area contributed by atoms with Crippen molar-refractivity contribution in [3.8, 4) is 0 Å². The highest BCUT2D eigenvalue weighted by molar-refractivity contribution is 5.70. The molecule has 3 saturated heterocycles. The van der Waals surface area contributed by atoms with E-state index in [9.17, 15) is 53.1 Å². The Morgan fingerprint density at radius 1 is 0.328 bits per heavy atom. The van der Waals surface area contributed by atoms with Crippen molar-refractivity contribution in [2.24, 2.45) is 0 Å². The summed E-state index contributed by atoms with van der Waals surface area (Å²) in [4.78, 5) is 124. The summed E-state index contributed by atoms with van der Waals surface area (Å²) in [5.74, 6) is -9.61. The second-order valence-electron chi connectivity index (χ2n) is 14.3. The summed E-state index contributed by atoms with van der Waals surface area (Å²) < 4.78 is 84.2. The third-order valence-electron chi connectivity index (χ3n) is 8.84. The van der Waals surface area contributed by atoms with Crippen LogP contribution in [0.15, 0.2) is 0 Å². The Bertz CT molecular complexity index is 1730. The van der Waals surface area contributed by atoms with Crippen LogP contribution in [-0.4, -0.2) is 177 Å². The van der Waals surface area contributed by atoms with Gasteiger partial charge in [-0.15, -0.1) is 0 Å². The molecule has 26 nitrogen and oxygen atoms in total. The van der Waals surface area contributed by atoms with Gasteiger partial charge in [-0.2, -0.15) is 0 Å². The molecule has 3 aliphatic heterocycles. The van der Waals surface area contributed by atoms with Crippen molar-refractivity contribution in [1.82, 2.24) is 0 Å². The lowest BCUT2D eigenvalue weighted by Crippen LogP contribution is -2.68. The third-order valence-corrected chi connectivity index (χ3v) is 8.84. The minimum atomic E-state index is -2.02. The molecule has 3 fully saturated rings. The van der Waals surface area contributed by atoms with Crippen molar-refractivity contribution in [1.29, 1.82) is 0 Å². The Balaban J connectivity index is 2.28. The van der Waals surface area contributed by atoms with Crippen LogP contribution in [0.4, 0.5) is 0 Å². The molecule has 0 radical (unpaired) electrons. The highest BCUT2D eigenvalue weighted by atomic mass is 16.8. The number of hydrogen-bond acceptors (Lipinski definition) is 26. The van der Waals surface area contributed by atoms with E-state index in [4.69, 9.17) is 71.1 Å². The average molecular weight is 925 g/mol. The molecule has 360 valence electrons. The normalized spacial score (nSPS) is 32.3. The van der Waals surface area contributed by atoms with Gasteiger partial charge in [0.2, 0.25) is 0 Å². The van der Waals surface area contributed by atoms with E-state index in [0.717, 1.165) is 69.2 Å². The van der Waals surface area contributed by atoms with Crippen molar-refractivity contribution in [2.75, 3.05) is 19.8 Å². The number of aliphatic hydroxyl groups is 1. The number of esters is 10. The number of carbonyl (C=O) groups excluding carboxylic acids is 10. The predicted molar refractivity (Wildman–Crippen MR) is 197 cm³/mol. The maximum atomic E-state index is 12.9. The van der Waals surface area contributed by atoms with Gasteiger partial charge in [0.25, 0.3) is 0 Å². The van der Waals surface area contributed by atoms with Gasteiger partial charge in [0.05, 0.1) is 0 Å². The Morgan fingerprint density at radius 2 is 0.578 bits per heavy atom. The van der Waals surface area contributed by atoms with Gasteiger partial charge in [0.1, 0.15) is 50.3 Å². The lowest BCUT2D eigenvalue weighted by Gasteiger charge is -2.50. The molecule has 15 atom stereocenters. The van der Waals surface area contributed by atoms with Gasteiger partial charge >= 0.3 is 59.7 Å². The van der Waals surface area contributed by atoms with Crippen molar-refractivity contribution in [2.45, 2.75) is 161 Å². The first-order valence-corrected chi connectivity index (χ1v) is 19.4. The van der Waals surface area contributed by atoms with E-state index in [2.05, 4.69) is 0 Å². The summed E-state index contributed by atoms with van der Waals surface area (Å²) >= 11 is 0. The van der Waals surface area contributed by atoms with Crippen LogP contribution in [0.3, 0.4) is 0 Å². The van der Waals surface area contributed by atoms with E-state index in [-0.39, 0.29) is 0 Å². The molecule has 3 aliphatic rings. The van der Waals surface area contributed by atoms with E-state index in [1.54, 1.807) is 0 Å². The van der Waals surface area contributed by atoms with E-state index in [1.165, 1.54) is 0 Å². The molecular weight excluding hydrogens is 872 g/mol. The van der Waals surface area contributed by atoms with Gasteiger partial charge in [0.15, 0.2) is 61.6 Å². The van der Waals surface area contributed by atoms with Crippen molar-refractivity contribution in [3.05, 3.63) is 0 Å². The molecule has 0 aliphatic carbocycles. The number of hydrogen-bond donors (Lipinski definition) is 1. The van der Waals surface area contributed by atoms with Crippen LogP contribution in [0, 0.1) is 0 Å². The highest BCUT2D eigenvalue weighted by Crippen LogP contribution is 2.38. The summed E-state index contributed by atoms with van der Waals surface area (Å²) in [5, 5.41) is 10.9. The average Bonchev–Trinajstić information content (AvgIpc) is 3.15. The van der Waals surface area contributed by atoms with Gasteiger partial charge in [-0.25, -0.2) is 0 Å². The number of ether oxygens (including phenoxy) is 15. The van der Waals surface area contributed by atoms with Gasteiger partial charge < -0.3 is 76.2 Å². The van der Waals surface area contributed by atoms with Gasteiger partial charge in [0, 0.05) is 69.2 Å². The fourth-order valence-corrected chi connectivity index (χ4v) is 6.77. The number of aliphatic hydroxyl groups excluding tert-OH is 1. The Morgan fingerprint density at radius 3 is 0.906 bits per heavy atom. The highest BCUT2D eigenvalue weighted by Gasteiger charge is 2.59. The third kappa shape index (κ3) is 15.6. The smallest absolute Gasteiger partial charge is 0.303 e. The minimum Gasteiger partial charge on any atom is -0.463 e. The number of carbonyl (C=O) groups is 10. The monoisotopic (exact) mass is 924 g/mol. The maximum absolute atomic E-state index is 12.9. The molecule has 0 aromatic rings. The summed E-state index contributed by atoms with van der Waals surface area (Å²) in [6, 6.07) is 0. The van der Waals surface area contributed by atoms with Crippen molar-refractivity contribution >= 4 is 59.7 Å². The molecule has 3 rings (SSSR count). The topological polar surface area (TPSA) is 329 Å². The zero-order chi connectivity index (χ0) is 48.2. The Kier molecular flexibility index (Phi) is 19.8. The molecule has 0 spiro atoms. The van der Waals surface area contributed by atoms with E-state index >= 15 is 0 Å². The zero-order valence-corrected chi connectivity index (χ0v) is 36.4. The first-order chi connectivity index (χ1) is 29.9. The zero-order valence-electron chi connectivity index (χ0n) is 36.4. The summed E-state index contributed by atoms with van der Waals surface area (Å²) in [6.45, 7) is 7.65. The predicted octanol–water partition coefficient (Wildman–Crippen LogP) is -1.86. The van der Waals surface area contributed by atoms with Gasteiger partial charge in [-0.05, 0) is 0 Å². The molecule has 0 amide bonds. The first kappa shape index (κ1) is 52.8. The second-order valence-corrected chi connectivity index (χ2v) is 14.3. The Hall–Kier alpha value is -5.54. The summed E-state index contributed by atoms with van der Waals surface area (Å²) in [5.41, 5.74) is 0. The van der Waals surface area contributed by atoms with Crippen LogP contribution in [0.5, 0.6) is 0 Å². The van der Waals surface area contributed by atoms with Crippen LogP contribution < -0.4 is 0 Å². The minimum absolute atomic E-state index is 0.681. The van der Waals surface area contributed by atoms with Gasteiger partial charge in [-0.3, -0.25) is 47.9 Å². The standard InChI is InChI=1S/C38H52O26/c1-14(39)50-11-24-28(30(54-18(5)43)33(36(49)60-24)57-21(8)46)63-38-35(59-23(10)48)32(56-20(7)45)29(26(62-38)13-52-16(3)41)64-37-34(58-22(9)47)31(55-19(6)44)27(53-17(4)42)25(61-37)12-51-15(2)40/h24-38,49H,11-13H2,1-10H3/t24?,25?,26-,27?,28?,29-,30?,31?,32+,33?,34?,35-,36?,37?,38?/m1/s1. The summed E-state index contributed by atoms with van der Waals surface area (Å²) in [7, 11) is 0. The fraction of sp³-hybridized carbons (Fsp3) is 0.737. The van der Waals surface area contributed by atoms with Crippen LogP contribution >= 0.6 is 0 Å². The lowest BCUT2D eigenvalue weighted by atomic mass is 9.95. The summed E-state index contributed by atoms with van der Waals surface area (Å²) in [6.07, 6.45) is -27.2. The molecule has 3 heterocycles. The molecule has 0 aromatic heterocycles.